The van der Waals surface area contributed by atoms with Crippen LogP contribution in [0, 0.1) is 5.82 Å². The molecule has 7 nitrogen and oxygen atoms in total. The van der Waals surface area contributed by atoms with Gasteiger partial charge in [0.25, 0.3) is 11.1 Å². The third-order valence-corrected chi connectivity index (χ3v) is 7.59. The Morgan fingerprint density at radius 3 is 2.86 bits per heavy atom. The molecule has 1 atom stereocenters. The molecule has 36 heavy (non-hydrogen) atoms. The first-order valence-electron chi connectivity index (χ1n) is 11.5. The Labute approximate surface area is 219 Å². The number of nitrogens with zero attached hydrogens (tertiary/aromatic N) is 2. The van der Waals surface area contributed by atoms with E-state index in [9.17, 15) is 18.8 Å². The van der Waals surface area contributed by atoms with Crippen LogP contribution in [0.4, 0.5) is 9.18 Å². The quantitative estimate of drug-likeness (QED) is 0.400. The number of fused-ring (bicyclic) bond motifs is 1. The molecule has 2 aliphatic heterocycles. The number of hydrogen-bond acceptors (Lipinski definition) is 5. The number of carbonyl (C=O) groups excluding carboxylic acids is 3. The van der Waals surface area contributed by atoms with Gasteiger partial charge in [0, 0.05) is 45.9 Å². The van der Waals surface area contributed by atoms with Crippen LogP contribution in [0.1, 0.15) is 24.0 Å². The van der Waals surface area contributed by atoms with Crippen LogP contribution in [0.25, 0.3) is 17.0 Å². The van der Waals surface area contributed by atoms with Crippen molar-refractivity contribution in [2.24, 2.45) is 0 Å². The first-order valence-corrected chi connectivity index (χ1v) is 13.2. The molecular weight excluding hydrogens is 549 g/mol. The molecule has 2 aliphatic rings. The van der Waals surface area contributed by atoms with Gasteiger partial charge in [0.05, 0.1) is 17.6 Å². The molecule has 0 unspecified atom stereocenters. The highest BCUT2D eigenvalue weighted by molar-refractivity contribution is 9.10. The maximum absolute atomic E-state index is 14.1. The average Bonchev–Trinajstić information content (AvgIpc) is 3.55. The van der Waals surface area contributed by atoms with E-state index in [4.69, 9.17) is 4.74 Å². The monoisotopic (exact) mass is 571 g/mol. The van der Waals surface area contributed by atoms with Gasteiger partial charge >= 0.3 is 0 Å². The molecule has 186 valence electrons. The van der Waals surface area contributed by atoms with Crippen LogP contribution in [0.2, 0.25) is 0 Å². The Hall–Kier alpha value is -2.95. The second kappa shape index (κ2) is 10.6. The van der Waals surface area contributed by atoms with E-state index in [-0.39, 0.29) is 35.6 Å². The van der Waals surface area contributed by atoms with Crippen LogP contribution in [-0.4, -0.2) is 45.8 Å². The summed E-state index contributed by atoms with van der Waals surface area (Å²) in [4.78, 5) is 39.5. The molecule has 2 fully saturated rings. The molecule has 0 aliphatic carbocycles. The largest absolute Gasteiger partial charge is 0.376 e. The lowest BCUT2D eigenvalue weighted by molar-refractivity contribution is -0.123. The molecule has 5 rings (SSSR count). The Morgan fingerprint density at radius 1 is 1.25 bits per heavy atom. The van der Waals surface area contributed by atoms with Gasteiger partial charge in [0.1, 0.15) is 12.4 Å². The first-order chi connectivity index (χ1) is 17.4. The fraction of sp³-hybridized carbons (Fsp3) is 0.269. The number of thioether (sulfide) groups is 1. The van der Waals surface area contributed by atoms with Crippen molar-refractivity contribution in [1.29, 1.82) is 0 Å². The van der Waals surface area contributed by atoms with E-state index in [2.05, 4.69) is 21.2 Å². The minimum atomic E-state index is -0.474. The van der Waals surface area contributed by atoms with Crippen molar-refractivity contribution >= 4 is 61.7 Å². The smallest absolute Gasteiger partial charge is 0.293 e. The first kappa shape index (κ1) is 24.7. The lowest BCUT2D eigenvalue weighted by atomic mass is 10.1. The Kier molecular flexibility index (Phi) is 7.27. The molecule has 0 spiro atoms. The van der Waals surface area contributed by atoms with Crippen molar-refractivity contribution in [3.63, 3.8) is 0 Å². The van der Waals surface area contributed by atoms with Gasteiger partial charge in [-0.15, -0.1) is 0 Å². The topological polar surface area (TPSA) is 80.6 Å². The third kappa shape index (κ3) is 5.25. The number of aromatic nitrogens is 1. The minimum absolute atomic E-state index is 0.0573. The van der Waals surface area contributed by atoms with Crippen molar-refractivity contribution in [3.05, 3.63) is 75.0 Å². The van der Waals surface area contributed by atoms with E-state index in [0.717, 1.165) is 51.5 Å². The van der Waals surface area contributed by atoms with Gasteiger partial charge in [-0.05, 0) is 54.9 Å². The zero-order valence-electron chi connectivity index (χ0n) is 19.2. The van der Waals surface area contributed by atoms with Crippen LogP contribution in [-0.2, 0) is 27.4 Å². The van der Waals surface area contributed by atoms with E-state index >= 15 is 0 Å². The van der Waals surface area contributed by atoms with Crippen molar-refractivity contribution in [2.45, 2.75) is 32.0 Å². The Balaban J connectivity index is 1.38. The lowest BCUT2D eigenvalue weighted by Crippen LogP contribution is -2.34. The maximum Gasteiger partial charge on any atom is 0.293 e. The Bertz CT molecular complexity index is 1380. The number of amides is 3. The number of hydrogen-bond donors (Lipinski definition) is 1. The average molecular weight is 572 g/mol. The highest BCUT2D eigenvalue weighted by Gasteiger charge is 2.35. The van der Waals surface area contributed by atoms with E-state index in [0.29, 0.717) is 12.1 Å². The molecule has 2 aromatic carbocycles. The number of nitrogens with one attached hydrogen (secondary N) is 1. The van der Waals surface area contributed by atoms with E-state index < -0.39 is 17.0 Å². The van der Waals surface area contributed by atoms with Crippen LogP contribution >= 0.6 is 27.7 Å². The summed E-state index contributed by atoms with van der Waals surface area (Å²) in [6.45, 7) is 1.18. The molecule has 0 bridgehead atoms. The predicted octanol–water partition coefficient (Wildman–Crippen LogP) is 5.07. The van der Waals surface area contributed by atoms with Gasteiger partial charge < -0.3 is 14.6 Å². The highest BCUT2D eigenvalue weighted by Crippen LogP contribution is 2.35. The van der Waals surface area contributed by atoms with Crippen molar-refractivity contribution in [1.82, 2.24) is 14.8 Å². The Morgan fingerprint density at radius 2 is 2.08 bits per heavy atom. The number of rotatable bonds is 7. The lowest BCUT2D eigenvalue weighted by Gasteiger charge is -2.12. The molecule has 1 aromatic heterocycles. The van der Waals surface area contributed by atoms with Crippen molar-refractivity contribution in [3.8, 4) is 0 Å². The van der Waals surface area contributed by atoms with Crippen LogP contribution in [0.5, 0.6) is 0 Å². The summed E-state index contributed by atoms with van der Waals surface area (Å²) in [5.41, 5.74) is 1.80. The third-order valence-electron chi connectivity index (χ3n) is 6.19. The van der Waals surface area contributed by atoms with Crippen molar-refractivity contribution in [2.75, 3.05) is 13.2 Å². The van der Waals surface area contributed by atoms with Gasteiger partial charge in [-0.1, -0.05) is 34.1 Å². The SMILES string of the molecule is O=C(Cn1cc(/C=C2\SC(=O)N(Cc3ccccc3F)C2=O)c2cc(Br)ccc21)NC[C@H]1CCCO1. The molecule has 0 radical (unpaired) electrons. The molecule has 3 heterocycles. The number of benzene rings is 2. The summed E-state index contributed by atoms with van der Waals surface area (Å²) in [6.07, 6.45) is 5.46. The summed E-state index contributed by atoms with van der Waals surface area (Å²) in [7, 11) is 0. The molecule has 0 saturated carbocycles. The van der Waals surface area contributed by atoms with Crippen LogP contribution < -0.4 is 5.32 Å². The summed E-state index contributed by atoms with van der Waals surface area (Å²) >= 11 is 4.31. The zero-order valence-corrected chi connectivity index (χ0v) is 21.6. The second-order valence-corrected chi connectivity index (χ2v) is 10.6. The molecule has 1 N–H and O–H groups in total. The molecular formula is C26H23BrFN3O4S. The zero-order chi connectivity index (χ0) is 25.2. The number of carbonyl (C=O) groups is 3. The van der Waals surface area contributed by atoms with Gasteiger partial charge in [0.15, 0.2) is 0 Å². The van der Waals surface area contributed by atoms with E-state index in [1.807, 2.05) is 22.8 Å². The molecule has 2 saturated heterocycles. The minimum Gasteiger partial charge on any atom is -0.376 e. The molecule has 3 amide bonds. The maximum atomic E-state index is 14.1. The van der Waals surface area contributed by atoms with Crippen molar-refractivity contribution < 1.29 is 23.5 Å². The number of halogens is 2. The van der Waals surface area contributed by atoms with Gasteiger partial charge in [-0.3, -0.25) is 19.3 Å². The summed E-state index contributed by atoms with van der Waals surface area (Å²) < 4.78 is 22.3. The fourth-order valence-electron chi connectivity index (χ4n) is 4.36. The standard InChI is InChI=1S/C26H23BrFN3O4S/c27-18-7-8-22-20(11-18)17(13-30(22)15-24(32)29-12-19-5-3-9-35-19)10-23-25(33)31(26(34)36-23)14-16-4-1-2-6-21(16)28/h1-2,4,6-8,10-11,13,19H,3,5,9,12,14-15H2,(H,29,32)/b23-10-/t19-/m1/s1. The van der Waals surface area contributed by atoms with E-state index in [1.54, 1.807) is 30.5 Å². The normalized spacial score (nSPS) is 19.1. The molecule has 10 heteroatoms. The van der Waals surface area contributed by atoms with Gasteiger partial charge in [0.2, 0.25) is 5.91 Å². The highest BCUT2D eigenvalue weighted by atomic mass is 79.9. The summed E-state index contributed by atoms with van der Waals surface area (Å²) in [5.74, 6) is -1.08. The summed E-state index contributed by atoms with van der Waals surface area (Å²) in [6, 6.07) is 11.8. The van der Waals surface area contributed by atoms with Gasteiger partial charge in [-0.2, -0.15) is 0 Å². The summed E-state index contributed by atoms with van der Waals surface area (Å²) in [5, 5.41) is 3.31. The van der Waals surface area contributed by atoms with E-state index in [1.165, 1.54) is 6.07 Å². The fourth-order valence-corrected chi connectivity index (χ4v) is 5.55. The predicted molar refractivity (Wildman–Crippen MR) is 140 cm³/mol. The number of ether oxygens (including phenoxy) is 1. The van der Waals surface area contributed by atoms with Gasteiger partial charge in [-0.25, -0.2) is 4.39 Å². The second-order valence-electron chi connectivity index (χ2n) is 8.67. The molecule has 3 aromatic rings. The van der Waals surface area contributed by atoms with Crippen LogP contribution in [0.3, 0.4) is 0 Å². The van der Waals surface area contributed by atoms with Crippen LogP contribution in [0.15, 0.2) is 58.0 Å². The number of imide groups is 1.